The number of alkyl carbamates (subject to hydrolysis) is 1. The number of aliphatic hydroxyl groups is 1. The van der Waals surface area contributed by atoms with Crippen LogP contribution in [-0.2, 0) is 25.2 Å². The third kappa shape index (κ3) is 6.82. The second kappa shape index (κ2) is 12.7. The van der Waals surface area contributed by atoms with E-state index in [1.807, 2.05) is 80.6 Å². The van der Waals surface area contributed by atoms with Gasteiger partial charge >= 0.3 is 6.09 Å². The normalized spacial score (nSPS) is 19.6. The highest BCUT2D eigenvalue weighted by Gasteiger charge is 2.52. The number of nitrogens with one attached hydrogen (secondary N) is 1. The van der Waals surface area contributed by atoms with Crippen molar-refractivity contribution in [3.8, 4) is 0 Å². The zero-order chi connectivity index (χ0) is 28.8. The van der Waals surface area contributed by atoms with Gasteiger partial charge in [0.1, 0.15) is 18.8 Å². The molecule has 3 aromatic rings. The summed E-state index contributed by atoms with van der Waals surface area (Å²) < 4.78 is 25.0. The summed E-state index contributed by atoms with van der Waals surface area (Å²) in [6.07, 6.45) is -1.83. The molecule has 0 radical (unpaired) electrons. The van der Waals surface area contributed by atoms with Crippen molar-refractivity contribution < 1.29 is 28.5 Å². The lowest BCUT2D eigenvalue weighted by atomic mass is 10.1. The first-order chi connectivity index (χ1) is 19.1. The van der Waals surface area contributed by atoms with Gasteiger partial charge in [-0.2, -0.15) is 0 Å². The second-order valence-electron chi connectivity index (χ2n) is 11.6. The quantitative estimate of drug-likeness (QED) is 0.357. The van der Waals surface area contributed by atoms with Crippen molar-refractivity contribution >= 4 is 24.8 Å². The molecule has 0 unspecified atom stereocenters. The topological polar surface area (TPSA) is 86.3 Å². The summed E-state index contributed by atoms with van der Waals surface area (Å²) in [6, 6.07) is 29.4. The van der Waals surface area contributed by atoms with Crippen molar-refractivity contribution in [1.82, 2.24) is 5.32 Å². The largest absolute Gasteiger partial charge is 0.445 e. The molecule has 214 valence electrons. The van der Waals surface area contributed by atoms with Gasteiger partial charge in [0.05, 0.1) is 19.3 Å². The van der Waals surface area contributed by atoms with Crippen LogP contribution in [0, 0.1) is 0 Å². The van der Waals surface area contributed by atoms with Gasteiger partial charge in [-0.05, 0) is 34.8 Å². The number of carbonyl (C=O) groups excluding carboxylic acids is 1. The summed E-state index contributed by atoms with van der Waals surface area (Å²) in [5.74, 6) is -0.923. The molecular weight excluding hydrogens is 522 g/mol. The Balaban J connectivity index is 1.57. The minimum Gasteiger partial charge on any atom is -0.445 e. The first-order valence-corrected chi connectivity index (χ1v) is 15.7. The second-order valence-corrected chi connectivity index (χ2v) is 15.9. The molecule has 1 amide bonds. The number of hydrogen-bond donors (Lipinski definition) is 2. The highest BCUT2D eigenvalue weighted by atomic mass is 28.4. The molecule has 0 aliphatic carbocycles. The minimum atomic E-state index is -2.83. The van der Waals surface area contributed by atoms with Crippen LogP contribution in [0.15, 0.2) is 91.0 Å². The summed E-state index contributed by atoms with van der Waals surface area (Å²) in [7, 11) is -2.83. The van der Waals surface area contributed by atoms with Gasteiger partial charge in [-0.15, -0.1) is 0 Å². The molecule has 1 saturated heterocycles. The molecule has 1 aliphatic heterocycles. The van der Waals surface area contributed by atoms with Crippen LogP contribution < -0.4 is 15.7 Å². The first kappa shape index (κ1) is 30.0. The Bertz CT molecular complexity index is 1180. The van der Waals surface area contributed by atoms with E-state index in [4.69, 9.17) is 18.6 Å². The van der Waals surface area contributed by atoms with Crippen molar-refractivity contribution in [1.29, 1.82) is 0 Å². The van der Waals surface area contributed by atoms with Crippen LogP contribution in [-0.4, -0.2) is 56.8 Å². The number of hydrogen-bond acceptors (Lipinski definition) is 6. The molecule has 0 bridgehead atoms. The number of rotatable bonds is 10. The van der Waals surface area contributed by atoms with Gasteiger partial charge in [-0.1, -0.05) is 112 Å². The zero-order valence-electron chi connectivity index (χ0n) is 24.0. The van der Waals surface area contributed by atoms with Crippen LogP contribution in [0.1, 0.15) is 40.2 Å². The standard InChI is InChI=1S/C32H41NO6Si/c1-31(2,3)40(25-17-11-7-12-18-25,26-19-13-8-14-20-26)37-23-28-29(39-32(4,5)38-28)27(21-34)33-30(35)36-22-24-15-9-6-10-16-24/h6-20,27-29,34H,21-23H2,1-5H3,(H,33,35)/t27-,28+,29+/m1/s1. The van der Waals surface area contributed by atoms with E-state index in [1.165, 1.54) is 0 Å². The summed E-state index contributed by atoms with van der Waals surface area (Å²) >= 11 is 0. The molecule has 0 spiro atoms. The number of amides is 1. The molecule has 7 nitrogen and oxygen atoms in total. The molecule has 8 heteroatoms. The lowest BCUT2D eigenvalue weighted by Crippen LogP contribution is -2.67. The predicted octanol–water partition coefficient (Wildman–Crippen LogP) is 4.37. The summed E-state index contributed by atoms with van der Waals surface area (Å²) in [5, 5.41) is 15.2. The number of benzene rings is 3. The highest BCUT2D eigenvalue weighted by Crippen LogP contribution is 2.38. The van der Waals surface area contributed by atoms with Gasteiger partial charge < -0.3 is 29.1 Å². The first-order valence-electron chi connectivity index (χ1n) is 13.7. The van der Waals surface area contributed by atoms with Crippen LogP contribution in [0.4, 0.5) is 4.79 Å². The van der Waals surface area contributed by atoms with Gasteiger partial charge in [-0.25, -0.2) is 4.79 Å². The number of carbonyl (C=O) groups is 1. The molecule has 0 saturated carbocycles. The predicted molar refractivity (Wildman–Crippen MR) is 158 cm³/mol. The Hall–Kier alpha value is -3.01. The van der Waals surface area contributed by atoms with Crippen LogP contribution >= 0.6 is 0 Å². The number of ether oxygens (including phenoxy) is 3. The fourth-order valence-electron chi connectivity index (χ4n) is 5.45. The summed E-state index contributed by atoms with van der Waals surface area (Å²) in [4.78, 5) is 12.7. The van der Waals surface area contributed by atoms with Crippen molar-refractivity contribution in [2.24, 2.45) is 0 Å². The molecular formula is C32H41NO6Si. The van der Waals surface area contributed by atoms with Crippen molar-refractivity contribution in [2.75, 3.05) is 13.2 Å². The van der Waals surface area contributed by atoms with Gasteiger partial charge in [0.15, 0.2) is 5.79 Å². The van der Waals surface area contributed by atoms with E-state index in [0.717, 1.165) is 15.9 Å². The highest BCUT2D eigenvalue weighted by molar-refractivity contribution is 6.99. The maximum absolute atomic E-state index is 12.7. The fourth-order valence-corrected chi connectivity index (χ4v) is 10.0. The molecule has 1 aliphatic rings. The minimum absolute atomic E-state index is 0.124. The lowest BCUT2D eigenvalue weighted by molar-refractivity contribution is -0.151. The van der Waals surface area contributed by atoms with E-state index in [0.29, 0.717) is 0 Å². The van der Waals surface area contributed by atoms with Gasteiger partial charge in [0.2, 0.25) is 0 Å². The maximum Gasteiger partial charge on any atom is 0.407 e. The summed E-state index contributed by atoms with van der Waals surface area (Å²) in [5.41, 5.74) is 0.872. The molecule has 0 aromatic heterocycles. The zero-order valence-corrected chi connectivity index (χ0v) is 25.0. The van der Waals surface area contributed by atoms with E-state index < -0.39 is 38.4 Å². The maximum atomic E-state index is 12.7. The molecule has 40 heavy (non-hydrogen) atoms. The Morgan fingerprint density at radius 3 is 1.95 bits per heavy atom. The van der Waals surface area contributed by atoms with E-state index in [1.54, 1.807) is 0 Å². The van der Waals surface area contributed by atoms with E-state index in [9.17, 15) is 9.90 Å². The average Bonchev–Trinajstić information content (AvgIpc) is 3.26. The van der Waals surface area contributed by atoms with E-state index >= 15 is 0 Å². The SMILES string of the molecule is CC1(C)O[C@@H]([C@@H](CO)NC(=O)OCc2ccccc2)[C@H](CO[Si](c2ccccc2)(c2ccccc2)C(C)(C)C)O1. The average molecular weight is 564 g/mol. The molecule has 1 heterocycles. The van der Waals surface area contributed by atoms with Crippen LogP contribution in [0.25, 0.3) is 0 Å². The van der Waals surface area contributed by atoms with Gasteiger partial charge in [-0.3, -0.25) is 0 Å². The van der Waals surface area contributed by atoms with E-state index in [2.05, 4.69) is 50.4 Å². The van der Waals surface area contributed by atoms with Crippen molar-refractivity contribution in [3.63, 3.8) is 0 Å². The lowest BCUT2D eigenvalue weighted by Gasteiger charge is -2.43. The Labute approximate surface area is 238 Å². The molecule has 2 N–H and O–H groups in total. The fraction of sp³-hybridized carbons (Fsp3) is 0.406. The molecule has 3 atom stereocenters. The van der Waals surface area contributed by atoms with Crippen LogP contribution in [0.3, 0.4) is 0 Å². The molecule has 1 fully saturated rings. The summed E-state index contributed by atoms with van der Waals surface area (Å²) in [6.45, 7) is 10.3. The Morgan fingerprint density at radius 1 is 0.925 bits per heavy atom. The number of aliphatic hydroxyl groups excluding tert-OH is 1. The Kier molecular flexibility index (Phi) is 9.48. The third-order valence-electron chi connectivity index (χ3n) is 7.21. The van der Waals surface area contributed by atoms with Gasteiger partial charge in [0, 0.05) is 0 Å². The Morgan fingerprint density at radius 2 is 1.45 bits per heavy atom. The molecule has 3 aromatic carbocycles. The third-order valence-corrected chi connectivity index (χ3v) is 12.2. The van der Waals surface area contributed by atoms with Gasteiger partial charge in [0.25, 0.3) is 8.32 Å². The van der Waals surface area contributed by atoms with Crippen LogP contribution in [0.2, 0.25) is 5.04 Å². The van der Waals surface area contributed by atoms with Crippen LogP contribution in [0.5, 0.6) is 0 Å². The van der Waals surface area contributed by atoms with Crippen molar-refractivity contribution in [3.05, 3.63) is 96.6 Å². The molecule has 4 rings (SSSR count). The smallest absolute Gasteiger partial charge is 0.407 e. The monoisotopic (exact) mass is 563 g/mol. The van der Waals surface area contributed by atoms with Crippen molar-refractivity contribution in [2.45, 2.75) is 70.3 Å². The van der Waals surface area contributed by atoms with E-state index in [-0.39, 0.29) is 24.9 Å².